The Labute approximate surface area is 181 Å². The first-order valence-electron chi connectivity index (χ1n) is 9.52. The highest BCUT2D eigenvalue weighted by atomic mass is 79.9. The van der Waals surface area contributed by atoms with Crippen LogP contribution >= 0.6 is 15.9 Å². The zero-order chi connectivity index (χ0) is 21.1. The van der Waals surface area contributed by atoms with Gasteiger partial charge in [0.2, 0.25) is 0 Å². The van der Waals surface area contributed by atoms with Crippen LogP contribution in [0.15, 0.2) is 41.0 Å². The Kier molecular flexibility index (Phi) is 6.14. The van der Waals surface area contributed by atoms with Crippen LogP contribution < -0.4 is 15.1 Å². The number of aromatic nitrogens is 1. The van der Waals surface area contributed by atoms with E-state index in [-0.39, 0.29) is 24.7 Å². The molecule has 2 aliphatic heterocycles. The average Bonchev–Trinajstić information content (AvgIpc) is 3.13. The fraction of sp³-hybridized carbons (Fsp3) is 0.350. The molecule has 2 fully saturated rings. The van der Waals surface area contributed by atoms with E-state index < -0.39 is 18.0 Å². The number of rotatable bonds is 5. The number of benzene rings is 1. The Bertz CT molecular complexity index is 954. The van der Waals surface area contributed by atoms with E-state index >= 15 is 0 Å². The van der Waals surface area contributed by atoms with Gasteiger partial charge in [-0.3, -0.25) is 9.69 Å². The van der Waals surface area contributed by atoms with E-state index in [0.717, 1.165) is 0 Å². The largest absolute Gasteiger partial charge is 0.442 e. The second-order valence-corrected chi connectivity index (χ2v) is 7.72. The first-order valence-corrected chi connectivity index (χ1v) is 10.3. The molecule has 0 radical (unpaired) electrons. The Balaban J connectivity index is 1.37. The quantitative estimate of drug-likeness (QED) is 0.664. The minimum Gasteiger partial charge on any atom is -0.442 e. The van der Waals surface area contributed by atoms with Crippen molar-refractivity contribution in [1.29, 1.82) is 0 Å². The third kappa shape index (κ3) is 4.54. The zero-order valence-electron chi connectivity index (χ0n) is 16.0. The monoisotopic (exact) mass is 478 g/mol. The molecule has 2 aromatic rings. The number of ether oxygens (including phenoxy) is 2. The molecule has 2 amide bonds. The Morgan fingerprint density at radius 1 is 1.27 bits per heavy atom. The maximum absolute atomic E-state index is 14.7. The molecule has 1 unspecified atom stereocenters. The molecular weight excluding hydrogens is 459 g/mol. The van der Waals surface area contributed by atoms with Crippen LogP contribution in [0.1, 0.15) is 10.5 Å². The summed E-state index contributed by atoms with van der Waals surface area (Å²) in [6.07, 6.45) is -1.12. The van der Waals surface area contributed by atoms with Crippen molar-refractivity contribution in [2.24, 2.45) is 0 Å². The van der Waals surface area contributed by atoms with Gasteiger partial charge in [-0.05, 0) is 46.3 Å². The van der Waals surface area contributed by atoms with Gasteiger partial charge in [0, 0.05) is 13.1 Å². The summed E-state index contributed by atoms with van der Waals surface area (Å²) in [4.78, 5) is 31.8. The maximum Gasteiger partial charge on any atom is 0.414 e. The van der Waals surface area contributed by atoms with Gasteiger partial charge in [-0.25, -0.2) is 14.2 Å². The first kappa shape index (κ1) is 20.5. The van der Waals surface area contributed by atoms with Gasteiger partial charge >= 0.3 is 6.09 Å². The van der Waals surface area contributed by atoms with Crippen molar-refractivity contribution in [2.75, 3.05) is 49.2 Å². The maximum atomic E-state index is 14.7. The van der Waals surface area contributed by atoms with Gasteiger partial charge in [-0.2, -0.15) is 0 Å². The zero-order valence-corrected chi connectivity index (χ0v) is 17.6. The van der Waals surface area contributed by atoms with Crippen molar-refractivity contribution in [3.8, 4) is 0 Å². The molecule has 10 heteroatoms. The molecule has 8 nitrogen and oxygen atoms in total. The van der Waals surface area contributed by atoms with Gasteiger partial charge in [0.15, 0.2) is 0 Å². The molecule has 0 aliphatic carbocycles. The number of nitrogens with zero attached hydrogens (tertiary/aromatic N) is 3. The van der Waals surface area contributed by atoms with Gasteiger partial charge < -0.3 is 19.7 Å². The van der Waals surface area contributed by atoms with Crippen LogP contribution in [0, 0.1) is 5.82 Å². The van der Waals surface area contributed by atoms with E-state index in [9.17, 15) is 14.0 Å². The van der Waals surface area contributed by atoms with Gasteiger partial charge in [0.05, 0.1) is 37.7 Å². The number of hydrogen-bond donors (Lipinski definition) is 1. The highest BCUT2D eigenvalue weighted by Gasteiger charge is 2.33. The van der Waals surface area contributed by atoms with Crippen molar-refractivity contribution in [3.63, 3.8) is 0 Å². The number of halogens is 2. The third-order valence-electron chi connectivity index (χ3n) is 4.91. The lowest BCUT2D eigenvalue weighted by Gasteiger charge is -2.29. The van der Waals surface area contributed by atoms with Gasteiger partial charge in [0.1, 0.15) is 22.2 Å². The lowest BCUT2D eigenvalue weighted by atomic mass is 10.2. The summed E-state index contributed by atoms with van der Waals surface area (Å²) in [7, 11) is 0. The van der Waals surface area contributed by atoms with Crippen molar-refractivity contribution in [1.82, 2.24) is 10.3 Å². The van der Waals surface area contributed by atoms with Crippen LogP contribution in [0.3, 0.4) is 0 Å². The van der Waals surface area contributed by atoms with Crippen LogP contribution in [0.25, 0.3) is 0 Å². The number of carbonyl (C=O) groups is 2. The minimum atomic E-state index is -0.576. The summed E-state index contributed by atoms with van der Waals surface area (Å²) in [6, 6.07) is 9.71. The smallest absolute Gasteiger partial charge is 0.414 e. The molecule has 0 bridgehead atoms. The number of nitrogens with one attached hydrogen (secondary N) is 1. The van der Waals surface area contributed by atoms with Crippen LogP contribution in [0.4, 0.5) is 20.6 Å². The summed E-state index contributed by atoms with van der Waals surface area (Å²) >= 11 is 3.22. The average molecular weight is 479 g/mol. The number of cyclic esters (lactones) is 1. The normalized spacial score (nSPS) is 19.0. The summed E-state index contributed by atoms with van der Waals surface area (Å²) in [5, 5.41) is 2.71. The molecule has 1 aromatic heterocycles. The van der Waals surface area contributed by atoms with Crippen LogP contribution in [-0.2, 0) is 9.47 Å². The van der Waals surface area contributed by atoms with Gasteiger partial charge in [0.25, 0.3) is 5.91 Å². The molecule has 1 atom stereocenters. The molecule has 0 saturated carbocycles. The fourth-order valence-corrected chi connectivity index (χ4v) is 3.74. The van der Waals surface area contributed by atoms with Crippen molar-refractivity contribution >= 4 is 39.3 Å². The Morgan fingerprint density at radius 3 is 2.80 bits per heavy atom. The van der Waals surface area contributed by atoms with E-state index in [1.165, 1.54) is 11.0 Å². The molecule has 0 spiro atoms. The molecule has 1 N–H and O–H groups in total. The molecular formula is C20H20BrFN4O4. The number of hydrogen-bond acceptors (Lipinski definition) is 6. The number of carbonyl (C=O) groups excluding carboxylic acids is 2. The van der Waals surface area contributed by atoms with Crippen molar-refractivity contribution in [2.45, 2.75) is 6.10 Å². The van der Waals surface area contributed by atoms with Crippen LogP contribution in [-0.4, -0.2) is 62.5 Å². The first-order chi connectivity index (χ1) is 14.5. The van der Waals surface area contributed by atoms with E-state index in [4.69, 9.17) is 9.47 Å². The predicted molar refractivity (Wildman–Crippen MR) is 111 cm³/mol. The molecule has 2 aliphatic rings. The number of morpholine rings is 1. The minimum absolute atomic E-state index is 0.129. The SMILES string of the molecule is O=C(NCC1CN(c2ccc(N3CCOCC3)c(F)c2)C(=O)O1)c1cccc(Br)n1. The predicted octanol–water partition coefficient (Wildman–Crippen LogP) is 2.58. The molecule has 30 heavy (non-hydrogen) atoms. The molecule has 4 rings (SSSR count). The summed E-state index contributed by atoms with van der Waals surface area (Å²) < 4.78 is 25.8. The highest BCUT2D eigenvalue weighted by molar-refractivity contribution is 9.10. The van der Waals surface area contributed by atoms with Crippen molar-refractivity contribution in [3.05, 3.63) is 52.5 Å². The second-order valence-electron chi connectivity index (χ2n) is 6.91. The van der Waals surface area contributed by atoms with Crippen LogP contribution in [0.5, 0.6) is 0 Å². The van der Waals surface area contributed by atoms with E-state index in [1.807, 2.05) is 4.90 Å². The molecule has 2 saturated heterocycles. The number of pyridine rings is 1. The number of amides is 2. The summed E-state index contributed by atoms with van der Waals surface area (Å²) in [5.41, 5.74) is 1.16. The Hall–Kier alpha value is -2.72. The van der Waals surface area contributed by atoms with E-state index in [0.29, 0.717) is 42.3 Å². The number of anilines is 2. The standard InChI is InChI=1S/C20H20BrFN4O4/c21-18-3-1-2-16(24-18)19(27)23-11-14-12-26(20(28)30-14)13-4-5-17(15(22)10-13)25-6-8-29-9-7-25/h1-5,10,14H,6-9,11-12H2,(H,23,27). The molecule has 3 heterocycles. The molecule has 158 valence electrons. The topological polar surface area (TPSA) is 84.0 Å². The summed E-state index contributed by atoms with van der Waals surface area (Å²) in [5.74, 6) is -0.772. The van der Waals surface area contributed by atoms with Crippen LogP contribution in [0.2, 0.25) is 0 Å². The van der Waals surface area contributed by atoms with Gasteiger partial charge in [-0.1, -0.05) is 6.07 Å². The highest BCUT2D eigenvalue weighted by Crippen LogP contribution is 2.28. The Morgan fingerprint density at radius 2 is 2.07 bits per heavy atom. The molecule has 1 aromatic carbocycles. The summed E-state index contributed by atoms with van der Waals surface area (Å²) in [6.45, 7) is 2.70. The lowest BCUT2D eigenvalue weighted by Crippen LogP contribution is -2.37. The van der Waals surface area contributed by atoms with E-state index in [2.05, 4.69) is 26.2 Å². The van der Waals surface area contributed by atoms with Crippen molar-refractivity contribution < 1.29 is 23.5 Å². The van der Waals surface area contributed by atoms with E-state index in [1.54, 1.807) is 30.3 Å². The fourth-order valence-electron chi connectivity index (χ4n) is 3.39. The third-order valence-corrected chi connectivity index (χ3v) is 5.35. The second kappa shape index (κ2) is 8.97. The van der Waals surface area contributed by atoms with Gasteiger partial charge in [-0.15, -0.1) is 0 Å². The lowest BCUT2D eigenvalue weighted by molar-refractivity contribution is 0.0911.